The fourth-order valence-corrected chi connectivity index (χ4v) is 2.94. The number of aromatic amines is 1. The molecule has 1 heterocycles. The highest BCUT2D eigenvalue weighted by Gasteiger charge is 2.07. The molecule has 1 aromatic heterocycles. The topological polar surface area (TPSA) is 67.3 Å². The first-order chi connectivity index (χ1) is 13.7. The van der Waals surface area contributed by atoms with E-state index in [4.69, 9.17) is 4.74 Å². The molecule has 1 amide bonds. The molecule has 0 unspecified atom stereocenters. The summed E-state index contributed by atoms with van der Waals surface area (Å²) in [6.45, 7) is 4.93. The quantitative estimate of drug-likeness (QED) is 0.497. The third-order valence-electron chi connectivity index (χ3n) is 4.58. The number of nitrogens with zero attached hydrogens (tertiary/aromatic N) is 2. The van der Waals surface area contributed by atoms with Crippen molar-refractivity contribution in [2.75, 3.05) is 6.61 Å². The van der Waals surface area contributed by atoms with Crippen LogP contribution in [0.25, 0.3) is 11.3 Å². The second-order valence-electron chi connectivity index (χ2n) is 7.06. The molecule has 0 spiro atoms. The van der Waals surface area contributed by atoms with Gasteiger partial charge in [-0.05, 0) is 12.8 Å². The van der Waals surface area contributed by atoms with Crippen LogP contribution in [0.3, 0.4) is 0 Å². The van der Waals surface area contributed by atoms with Crippen LogP contribution in [-0.4, -0.2) is 22.7 Å². The van der Waals surface area contributed by atoms with Gasteiger partial charge in [0.2, 0.25) is 11.8 Å². The van der Waals surface area contributed by atoms with Crippen LogP contribution in [0.1, 0.15) is 71.6 Å². The van der Waals surface area contributed by atoms with Crippen LogP contribution in [0.15, 0.2) is 41.4 Å². The van der Waals surface area contributed by atoms with Crippen LogP contribution in [-0.2, 0) is 4.79 Å². The molecule has 0 saturated carbocycles. The summed E-state index contributed by atoms with van der Waals surface area (Å²) in [4.78, 5) is 16.5. The van der Waals surface area contributed by atoms with E-state index in [0.29, 0.717) is 30.0 Å². The lowest BCUT2D eigenvalue weighted by atomic mass is 10.1. The first kappa shape index (κ1) is 21.9. The molecule has 2 aromatic rings. The van der Waals surface area contributed by atoms with Crippen molar-refractivity contribution >= 4 is 5.91 Å². The summed E-state index contributed by atoms with van der Waals surface area (Å²) in [5.41, 5.74) is 1.58. The van der Waals surface area contributed by atoms with Crippen LogP contribution in [0.4, 0.5) is 0 Å². The van der Waals surface area contributed by atoms with Gasteiger partial charge in [-0.3, -0.25) is 4.79 Å². The van der Waals surface area contributed by atoms with Crippen molar-refractivity contribution in [2.24, 2.45) is 4.99 Å². The highest BCUT2D eigenvalue weighted by molar-refractivity contribution is 5.77. The first-order valence-electron chi connectivity index (χ1n) is 10.6. The fourth-order valence-electron chi connectivity index (χ4n) is 2.94. The summed E-state index contributed by atoms with van der Waals surface area (Å²) in [7, 11) is 0. The van der Waals surface area contributed by atoms with Crippen molar-refractivity contribution in [2.45, 2.75) is 71.6 Å². The first-order valence-corrected chi connectivity index (χ1v) is 10.6. The Morgan fingerprint density at radius 3 is 2.46 bits per heavy atom. The van der Waals surface area contributed by atoms with E-state index in [1.165, 1.54) is 32.1 Å². The van der Waals surface area contributed by atoms with Crippen LogP contribution >= 0.6 is 0 Å². The number of rotatable bonds is 12. The Morgan fingerprint density at radius 2 is 1.71 bits per heavy atom. The molecule has 0 aliphatic heterocycles. The lowest BCUT2D eigenvalue weighted by molar-refractivity contribution is -0.118. The van der Waals surface area contributed by atoms with Crippen molar-refractivity contribution in [1.29, 1.82) is 0 Å². The lowest BCUT2D eigenvalue weighted by Crippen LogP contribution is -2.14. The number of hydrogen-bond donors (Lipinski definition) is 1. The number of amides is 1. The molecule has 2 rings (SSSR count). The monoisotopic (exact) mass is 383 g/mol. The van der Waals surface area contributed by atoms with Crippen LogP contribution in [0.5, 0.6) is 5.88 Å². The van der Waals surface area contributed by atoms with Crippen LogP contribution in [0.2, 0.25) is 0 Å². The molecular formula is C23H33N3O2. The van der Waals surface area contributed by atoms with Gasteiger partial charge in [-0.25, -0.2) is 10.1 Å². The van der Waals surface area contributed by atoms with E-state index in [1.807, 2.05) is 30.3 Å². The zero-order valence-corrected chi connectivity index (χ0v) is 17.2. The molecule has 0 radical (unpaired) electrons. The van der Waals surface area contributed by atoms with E-state index in [2.05, 4.69) is 29.0 Å². The standard InChI is InChI=1S/C23H33N3O2/c1-3-5-7-8-9-13-17-28-22-18-20(24-21(27)16-6-4-2)23(26-25-22)19-14-11-10-12-15-19/h10-12,14-15,18H,3-9,13,16-17H2,1-2H3,(H,24,25,27). The molecule has 5 nitrogen and oxygen atoms in total. The van der Waals surface area contributed by atoms with Gasteiger partial charge in [0.1, 0.15) is 11.1 Å². The number of ether oxygens (including phenoxy) is 1. The molecule has 1 N–H and O–H groups in total. The second-order valence-corrected chi connectivity index (χ2v) is 7.06. The molecule has 5 heteroatoms. The van der Waals surface area contributed by atoms with Crippen molar-refractivity contribution in [1.82, 2.24) is 10.2 Å². The minimum absolute atomic E-state index is 0.117. The van der Waals surface area contributed by atoms with Gasteiger partial charge >= 0.3 is 0 Å². The zero-order valence-electron chi connectivity index (χ0n) is 17.2. The predicted octanol–water partition coefficient (Wildman–Crippen LogP) is 5.43. The normalized spacial score (nSPS) is 11.6. The van der Waals surface area contributed by atoms with Crippen molar-refractivity contribution in [3.63, 3.8) is 0 Å². The van der Waals surface area contributed by atoms with Crippen molar-refractivity contribution < 1.29 is 9.53 Å². The van der Waals surface area contributed by atoms with Crippen molar-refractivity contribution in [3.05, 3.63) is 41.8 Å². The van der Waals surface area contributed by atoms with Gasteiger partial charge in [0.05, 0.1) is 6.61 Å². The van der Waals surface area contributed by atoms with E-state index in [-0.39, 0.29) is 5.91 Å². The van der Waals surface area contributed by atoms with Gasteiger partial charge < -0.3 is 4.74 Å². The molecular weight excluding hydrogens is 350 g/mol. The Hall–Kier alpha value is -2.43. The number of hydrogen-bond acceptors (Lipinski definition) is 3. The fraction of sp³-hybridized carbons (Fsp3) is 0.522. The Balaban J connectivity index is 2.09. The zero-order chi connectivity index (χ0) is 20.0. The van der Waals surface area contributed by atoms with Crippen molar-refractivity contribution in [3.8, 4) is 17.1 Å². The molecule has 0 atom stereocenters. The summed E-state index contributed by atoms with van der Waals surface area (Å²) >= 11 is 0. The molecule has 152 valence electrons. The van der Waals surface area contributed by atoms with E-state index in [9.17, 15) is 4.79 Å². The Morgan fingerprint density at radius 1 is 1.00 bits per heavy atom. The highest BCUT2D eigenvalue weighted by atomic mass is 16.5. The van der Waals surface area contributed by atoms with Gasteiger partial charge in [0, 0.05) is 18.1 Å². The van der Waals surface area contributed by atoms with Gasteiger partial charge in [-0.1, -0.05) is 82.7 Å². The molecule has 0 aliphatic carbocycles. The van der Waals surface area contributed by atoms with E-state index >= 15 is 0 Å². The number of carbonyl (C=O) groups is 1. The summed E-state index contributed by atoms with van der Waals surface area (Å²) in [6, 6.07) is 11.6. The molecule has 0 bridgehead atoms. The van der Waals surface area contributed by atoms with E-state index in [0.717, 1.165) is 24.8 Å². The minimum Gasteiger partial charge on any atom is -0.478 e. The number of carbonyl (C=O) groups excluding carboxylic acids is 1. The second kappa shape index (κ2) is 12.9. The van der Waals surface area contributed by atoms with E-state index < -0.39 is 0 Å². The summed E-state index contributed by atoms with van der Waals surface area (Å²) in [6.07, 6.45) is 9.55. The molecule has 1 aromatic carbocycles. The number of nitrogens with one attached hydrogen (secondary N) is 1. The minimum atomic E-state index is -0.117. The summed E-state index contributed by atoms with van der Waals surface area (Å²) in [5, 5.41) is 7.94. The average molecular weight is 384 g/mol. The number of unbranched alkanes of at least 4 members (excludes halogenated alkanes) is 6. The molecule has 0 fully saturated rings. The molecule has 0 aliphatic rings. The maximum absolute atomic E-state index is 12.2. The molecule has 28 heavy (non-hydrogen) atoms. The maximum atomic E-state index is 12.2. The van der Waals surface area contributed by atoms with Gasteiger partial charge in [0.25, 0.3) is 0 Å². The SMILES string of the molecule is CCCCCCCCOc1cc(=NC(=O)CCCC)c(-c2ccccc2)n[nH]1. The Bertz CT molecular complexity index is 769. The maximum Gasteiger partial charge on any atom is 0.246 e. The third kappa shape index (κ3) is 7.67. The largest absolute Gasteiger partial charge is 0.478 e. The van der Waals surface area contributed by atoms with Gasteiger partial charge in [-0.2, -0.15) is 5.10 Å². The van der Waals surface area contributed by atoms with E-state index in [1.54, 1.807) is 6.07 Å². The van der Waals surface area contributed by atoms with Crippen LogP contribution < -0.4 is 10.1 Å². The van der Waals surface area contributed by atoms with Crippen LogP contribution in [0, 0.1) is 0 Å². The smallest absolute Gasteiger partial charge is 0.246 e. The summed E-state index contributed by atoms with van der Waals surface area (Å²) < 4.78 is 5.82. The Kier molecular flexibility index (Phi) is 10.0. The lowest BCUT2D eigenvalue weighted by Gasteiger charge is -2.08. The third-order valence-corrected chi connectivity index (χ3v) is 4.58. The molecule has 0 saturated heterocycles. The predicted molar refractivity (Wildman–Crippen MR) is 113 cm³/mol. The summed E-state index contributed by atoms with van der Waals surface area (Å²) in [5.74, 6) is 0.434. The number of aromatic nitrogens is 2. The average Bonchev–Trinajstić information content (AvgIpc) is 2.72. The van der Waals surface area contributed by atoms with Gasteiger partial charge in [-0.15, -0.1) is 0 Å². The highest BCUT2D eigenvalue weighted by Crippen LogP contribution is 2.14. The number of H-pyrrole nitrogens is 1. The Labute approximate surface area is 168 Å². The number of benzene rings is 1. The van der Waals surface area contributed by atoms with Gasteiger partial charge in [0.15, 0.2) is 0 Å².